The van der Waals surface area contributed by atoms with Crippen molar-refractivity contribution < 1.29 is 9.59 Å². The summed E-state index contributed by atoms with van der Waals surface area (Å²) in [6, 6.07) is 25.0. The summed E-state index contributed by atoms with van der Waals surface area (Å²) in [5.74, 6) is 0.164. The molecule has 2 atom stereocenters. The second kappa shape index (κ2) is 10.8. The zero-order chi connectivity index (χ0) is 23.9. The molecule has 0 saturated heterocycles. The Morgan fingerprint density at radius 2 is 1.50 bits per heavy atom. The van der Waals surface area contributed by atoms with E-state index < -0.39 is 12.1 Å². The van der Waals surface area contributed by atoms with Gasteiger partial charge in [-0.3, -0.25) is 9.59 Å². The molecule has 1 heterocycles. The van der Waals surface area contributed by atoms with Crippen LogP contribution in [0.5, 0.6) is 0 Å². The smallest absolute Gasteiger partial charge is 0.253 e. The number of rotatable bonds is 8. The standard InChI is InChI=1S/C27H25ClN4O2/c1-32-17-16-29-26(32)25(20-12-6-3-7-13-20)31-24(33)18-23(19-10-4-2-5-11-19)30-27(34)21-14-8-9-15-22(21)28/h2-17,23,25H,18H2,1H3,(H,30,34)(H,31,33)/t23-,25-/m1/s1. The van der Waals surface area contributed by atoms with Crippen LogP contribution in [0.1, 0.15) is 45.8 Å². The van der Waals surface area contributed by atoms with Crippen molar-refractivity contribution in [1.82, 2.24) is 20.2 Å². The molecule has 0 aliphatic heterocycles. The molecule has 2 N–H and O–H groups in total. The topological polar surface area (TPSA) is 76.0 Å². The number of aryl methyl sites for hydroxylation is 1. The van der Waals surface area contributed by atoms with Crippen LogP contribution in [0.15, 0.2) is 97.3 Å². The van der Waals surface area contributed by atoms with Crippen molar-refractivity contribution in [2.45, 2.75) is 18.5 Å². The number of carbonyl (C=O) groups excluding carboxylic acids is 2. The monoisotopic (exact) mass is 472 g/mol. The van der Waals surface area contributed by atoms with Crippen molar-refractivity contribution in [3.63, 3.8) is 0 Å². The lowest BCUT2D eigenvalue weighted by Gasteiger charge is -2.23. The lowest BCUT2D eigenvalue weighted by atomic mass is 10.0. The van der Waals surface area contributed by atoms with Gasteiger partial charge in [0.05, 0.1) is 23.0 Å². The Balaban J connectivity index is 1.57. The molecule has 0 aliphatic carbocycles. The lowest BCUT2D eigenvalue weighted by Crippen LogP contribution is -2.36. The second-order valence-corrected chi connectivity index (χ2v) is 8.34. The fraction of sp³-hybridized carbons (Fsp3) is 0.148. The second-order valence-electron chi connectivity index (χ2n) is 7.93. The third-order valence-electron chi connectivity index (χ3n) is 5.57. The van der Waals surface area contributed by atoms with E-state index in [0.717, 1.165) is 17.0 Å². The van der Waals surface area contributed by atoms with Crippen molar-refractivity contribution in [2.24, 2.45) is 7.05 Å². The number of nitrogens with zero attached hydrogens (tertiary/aromatic N) is 2. The maximum Gasteiger partial charge on any atom is 0.253 e. The molecule has 7 heteroatoms. The largest absolute Gasteiger partial charge is 0.345 e. The number of amides is 2. The molecule has 0 bridgehead atoms. The SMILES string of the molecule is Cn1ccnc1[C@H](NC(=O)C[C@@H](NC(=O)c1ccccc1Cl)c1ccccc1)c1ccccc1. The van der Waals surface area contributed by atoms with E-state index in [1.165, 1.54) is 0 Å². The van der Waals surface area contributed by atoms with Gasteiger partial charge < -0.3 is 15.2 Å². The summed E-state index contributed by atoms with van der Waals surface area (Å²) in [6.45, 7) is 0. The van der Waals surface area contributed by atoms with E-state index in [4.69, 9.17) is 11.6 Å². The minimum absolute atomic E-state index is 0.0496. The van der Waals surface area contributed by atoms with Gasteiger partial charge in [0.15, 0.2) is 0 Å². The molecule has 1 aromatic heterocycles. The normalized spacial score (nSPS) is 12.5. The molecule has 3 aromatic carbocycles. The highest BCUT2D eigenvalue weighted by Gasteiger charge is 2.24. The molecular formula is C27H25ClN4O2. The van der Waals surface area contributed by atoms with Crippen molar-refractivity contribution in [2.75, 3.05) is 0 Å². The van der Waals surface area contributed by atoms with Crippen LogP contribution in [0.3, 0.4) is 0 Å². The first-order chi connectivity index (χ1) is 16.5. The van der Waals surface area contributed by atoms with E-state index in [0.29, 0.717) is 10.6 Å². The zero-order valence-electron chi connectivity index (χ0n) is 18.7. The predicted molar refractivity (Wildman–Crippen MR) is 132 cm³/mol. The molecule has 34 heavy (non-hydrogen) atoms. The van der Waals surface area contributed by atoms with Gasteiger partial charge in [0.1, 0.15) is 11.9 Å². The van der Waals surface area contributed by atoms with Gasteiger partial charge in [-0.25, -0.2) is 4.98 Å². The molecule has 0 aliphatic rings. The van der Waals surface area contributed by atoms with Crippen LogP contribution >= 0.6 is 11.6 Å². The Morgan fingerprint density at radius 3 is 2.12 bits per heavy atom. The minimum atomic E-state index is -0.539. The van der Waals surface area contributed by atoms with Gasteiger partial charge in [0.2, 0.25) is 5.91 Å². The minimum Gasteiger partial charge on any atom is -0.345 e. The average molecular weight is 473 g/mol. The van der Waals surface area contributed by atoms with Gasteiger partial charge in [-0.2, -0.15) is 0 Å². The molecule has 172 valence electrons. The van der Waals surface area contributed by atoms with E-state index >= 15 is 0 Å². The number of benzene rings is 3. The number of hydrogen-bond acceptors (Lipinski definition) is 3. The number of halogens is 1. The number of nitrogens with one attached hydrogen (secondary N) is 2. The highest BCUT2D eigenvalue weighted by molar-refractivity contribution is 6.33. The summed E-state index contributed by atoms with van der Waals surface area (Å²) in [5.41, 5.74) is 2.11. The highest BCUT2D eigenvalue weighted by Crippen LogP contribution is 2.23. The number of carbonyl (C=O) groups is 2. The number of aromatic nitrogens is 2. The number of imidazole rings is 1. The summed E-state index contributed by atoms with van der Waals surface area (Å²) in [6.07, 6.45) is 3.59. The van der Waals surface area contributed by atoms with Crippen molar-refractivity contribution in [3.8, 4) is 0 Å². The molecule has 2 amide bonds. The summed E-state index contributed by atoms with van der Waals surface area (Å²) in [7, 11) is 1.89. The van der Waals surface area contributed by atoms with Gasteiger partial charge >= 0.3 is 0 Å². The summed E-state index contributed by atoms with van der Waals surface area (Å²) < 4.78 is 1.88. The van der Waals surface area contributed by atoms with Crippen LogP contribution in [0.25, 0.3) is 0 Å². The first kappa shape index (κ1) is 23.3. The Labute approximate surface area is 203 Å². The maximum absolute atomic E-state index is 13.3. The molecule has 0 saturated carbocycles. The molecule has 0 fully saturated rings. The molecule has 0 spiro atoms. The summed E-state index contributed by atoms with van der Waals surface area (Å²) >= 11 is 6.21. The van der Waals surface area contributed by atoms with Crippen LogP contribution in [0, 0.1) is 0 Å². The van der Waals surface area contributed by atoms with E-state index in [9.17, 15) is 9.59 Å². The third kappa shape index (κ3) is 5.53. The van der Waals surface area contributed by atoms with Crippen LogP contribution in [0.4, 0.5) is 0 Å². The Hall–Kier alpha value is -3.90. The van der Waals surface area contributed by atoms with E-state index in [1.807, 2.05) is 78.5 Å². The Morgan fingerprint density at radius 1 is 0.882 bits per heavy atom. The lowest BCUT2D eigenvalue weighted by molar-refractivity contribution is -0.122. The van der Waals surface area contributed by atoms with Gasteiger partial charge in [0, 0.05) is 19.4 Å². The van der Waals surface area contributed by atoms with E-state index in [2.05, 4.69) is 15.6 Å². The molecule has 6 nitrogen and oxygen atoms in total. The third-order valence-corrected chi connectivity index (χ3v) is 5.90. The van der Waals surface area contributed by atoms with E-state index in [-0.39, 0.29) is 18.2 Å². The average Bonchev–Trinajstić information content (AvgIpc) is 3.29. The molecule has 4 rings (SSSR count). The molecule has 0 radical (unpaired) electrons. The first-order valence-corrected chi connectivity index (χ1v) is 11.3. The maximum atomic E-state index is 13.3. The Bertz CT molecular complexity index is 1260. The quantitative estimate of drug-likeness (QED) is 0.385. The summed E-state index contributed by atoms with van der Waals surface area (Å²) in [4.78, 5) is 30.7. The first-order valence-electron chi connectivity index (χ1n) is 10.9. The van der Waals surface area contributed by atoms with Gasteiger partial charge in [-0.15, -0.1) is 0 Å². The number of hydrogen-bond donors (Lipinski definition) is 2. The van der Waals surface area contributed by atoms with Crippen LogP contribution in [0.2, 0.25) is 5.02 Å². The Kier molecular flexibility index (Phi) is 7.40. The van der Waals surface area contributed by atoms with Gasteiger partial charge in [-0.05, 0) is 23.3 Å². The van der Waals surface area contributed by atoms with Crippen molar-refractivity contribution in [1.29, 1.82) is 0 Å². The highest BCUT2D eigenvalue weighted by atomic mass is 35.5. The van der Waals surface area contributed by atoms with E-state index in [1.54, 1.807) is 30.5 Å². The molecule has 0 unspecified atom stereocenters. The molecular weight excluding hydrogens is 448 g/mol. The molecule has 4 aromatic rings. The van der Waals surface area contributed by atoms with Gasteiger partial charge in [-0.1, -0.05) is 84.4 Å². The zero-order valence-corrected chi connectivity index (χ0v) is 19.4. The van der Waals surface area contributed by atoms with Crippen LogP contribution in [-0.2, 0) is 11.8 Å². The summed E-state index contributed by atoms with van der Waals surface area (Å²) in [5, 5.41) is 6.43. The fourth-order valence-electron chi connectivity index (χ4n) is 3.82. The van der Waals surface area contributed by atoms with Crippen molar-refractivity contribution >= 4 is 23.4 Å². The predicted octanol–water partition coefficient (Wildman–Crippen LogP) is 4.84. The van der Waals surface area contributed by atoms with Gasteiger partial charge in [0.25, 0.3) is 5.91 Å². The van der Waals surface area contributed by atoms with Crippen molar-refractivity contribution in [3.05, 3.63) is 125 Å². The fourth-order valence-corrected chi connectivity index (χ4v) is 4.04. The van der Waals surface area contributed by atoms with Crippen LogP contribution < -0.4 is 10.6 Å². The van der Waals surface area contributed by atoms with Crippen LogP contribution in [-0.4, -0.2) is 21.4 Å².